The number of allylic oxidation sites excluding steroid dienone is 2. The summed E-state index contributed by atoms with van der Waals surface area (Å²) in [5, 5.41) is 1.25. The van der Waals surface area contributed by atoms with Gasteiger partial charge in [-0.25, -0.2) is 0 Å². The van der Waals surface area contributed by atoms with Gasteiger partial charge in [-0.15, -0.1) is 0 Å². The third-order valence-corrected chi connectivity index (χ3v) is 5.33. The van der Waals surface area contributed by atoms with Crippen LogP contribution < -0.4 is 0 Å². The first-order valence-electron chi connectivity index (χ1n) is 8.57. The number of aromatic nitrogens is 1. The van der Waals surface area contributed by atoms with E-state index < -0.39 is 0 Å². The Labute approximate surface area is 161 Å². The molecule has 0 bridgehead atoms. The summed E-state index contributed by atoms with van der Waals surface area (Å²) in [5.41, 5.74) is 7.27. The summed E-state index contributed by atoms with van der Waals surface area (Å²) in [6, 6.07) is 25.7. The first kappa shape index (κ1) is 15.3. The Morgan fingerprint density at radius 3 is 2.38 bits per heavy atom. The third-order valence-electron chi connectivity index (χ3n) is 4.80. The Morgan fingerprint density at radius 2 is 1.58 bits per heavy atom. The standard InChI is InChI=1S/C24H15BrN/c25-19-13-10-17(11-14-19)18-12-15-24-22(16-18)21-8-4-5-9-23(21)26(24)20-6-2-1-3-7-20/h1-3,5-16H/q+1. The van der Waals surface area contributed by atoms with Crippen LogP contribution in [-0.4, -0.2) is 4.57 Å². The van der Waals surface area contributed by atoms with E-state index in [0.717, 1.165) is 4.47 Å². The Balaban J connectivity index is 1.79. The van der Waals surface area contributed by atoms with E-state index in [4.69, 9.17) is 0 Å². The van der Waals surface area contributed by atoms with Crippen LogP contribution in [0.3, 0.4) is 0 Å². The van der Waals surface area contributed by atoms with E-state index in [0.29, 0.717) is 0 Å². The predicted octanol–water partition coefficient (Wildman–Crippen LogP) is 6.90. The van der Waals surface area contributed by atoms with Gasteiger partial charge in [0.25, 0.3) is 0 Å². The van der Waals surface area contributed by atoms with Crippen molar-refractivity contribution in [3.05, 3.63) is 101 Å². The number of halogens is 1. The van der Waals surface area contributed by atoms with Crippen molar-refractivity contribution in [1.82, 2.24) is 4.57 Å². The Bertz CT molecular complexity index is 1160. The fourth-order valence-electron chi connectivity index (χ4n) is 3.59. The van der Waals surface area contributed by atoms with Gasteiger partial charge in [0.1, 0.15) is 17.7 Å². The smallest absolute Gasteiger partial charge is 0.168 e. The van der Waals surface area contributed by atoms with Crippen LogP contribution in [0.15, 0.2) is 83.3 Å². The highest BCUT2D eigenvalue weighted by molar-refractivity contribution is 9.10. The average Bonchev–Trinajstić information content (AvgIpc) is 3.03. The summed E-state index contributed by atoms with van der Waals surface area (Å²) < 4.78 is 3.42. The molecule has 1 aromatic heterocycles. The highest BCUT2D eigenvalue weighted by Gasteiger charge is 2.23. The molecule has 0 N–H and O–H groups in total. The lowest BCUT2D eigenvalue weighted by Crippen LogP contribution is -1.97. The molecule has 1 heterocycles. The molecule has 0 radical (unpaired) electrons. The van der Waals surface area contributed by atoms with E-state index in [2.05, 4.69) is 112 Å². The molecule has 4 aromatic rings. The molecule has 1 aliphatic carbocycles. The molecule has 0 saturated heterocycles. The minimum absolute atomic E-state index is 1.10. The van der Waals surface area contributed by atoms with Gasteiger partial charge in [0.05, 0.1) is 17.0 Å². The molecule has 0 fully saturated rings. The highest BCUT2D eigenvalue weighted by Crippen LogP contribution is 2.35. The van der Waals surface area contributed by atoms with Gasteiger partial charge < -0.3 is 0 Å². The SMILES string of the molecule is Brc1ccc(-c2ccc3c(c2)c2c(n3-c3ccccc3)C=C[C+]=C2)cc1. The minimum Gasteiger partial charge on any atom is -0.286 e. The minimum atomic E-state index is 1.10. The van der Waals surface area contributed by atoms with Crippen molar-refractivity contribution >= 4 is 39.0 Å². The maximum atomic E-state index is 3.51. The molecular weight excluding hydrogens is 382 g/mol. The second kappa shape index (κ2) is 6.10. The van der Waals surface area contributed by atoms with E-state index in [1.54, 1.807) is 0 Å². The Hall–Kier alpha value is -2.93. The number of benzene rings is 3. The van der Waals surface area contributed by atoms with Crippen molar-refractivity contribution < 1.29 is 0 Å². The molecule has 1 aliphatic rings. The Morgan fingerprint density at radius 1 is 0.808 bits per heavy atom. The van der Waals surface area contributed by atoms with Gasteiger partial charge >= 0.3 is 0 Å². The number of nitrogens with zero attached hydrogens (tertiary/aromatic N) is 1. The van der Waals surface area contributed by atoms with Crippen LogP contribution in [0.2, 0.25) is 0 Å². The van der Waals surface area contributed by atoms with Gasteiger partial charge in [-0.1, -0.05) is 52.3 Å². The van der Waals surface area contributed by atoms with Gasteiger partial charge in [-0.3, -0.25) is 4.57 Å². The maximum Gasteiger partial charge on any atom is 0.168 e. The molecule has 5 rings (SSSR count). The van der Waals surface area contributed by atoms with Crippen LogP contribution in [0.1, 0.15) is 11.3 Å². The van der Waals surface area contributed by atoms with Crippen LogP contribution >= 0.6 is 15.9 Å². The van der Waals surface area contributed by atoms with E-state index >= 15 is 0 Å². The lowest BCUT2D eigenvalue weighted by molar-refractivity contribution is 1.10. The van der Waals surface area contributed by atoms with E-state index in [1.807, 2.05) is 6.08 Å². The lowest BCUT2D eigenvalue weighted by atomic mass is 10.0. The van der Waals surface area contributed by atoms with Crippen molar-refractivity contribution in [3.63, 3.8) is 0 Å². The van der Waals surface area contributed by atoms with Crippen LogP contribution in [0.5, 0.6) is 0 Å². The number of fused-ring (bicyclic) bond motifs is 3. The van der Waals surface area contributed by atoms with Crippen molar-refractivity contribution in [2.45, 2.75) is 0 Å². The highest BCUT2D eigenvalue weighted by atomic mass is 79.9. The van der Waals surface area contributed by atoms with Gasteiger partial charge in [0.2, 0.25) is 0 Å². The second-order valence-corrected chi connectivity index (χ2v) is 7.27. The fourth-order valence-corrected chi connectivity index (χ4v) is 3.85. The monoisotopic (exact) mass is 396 g/mol. The summed E-state index contributed by atoms with van der Waals surface area (Å²) in [7, 11) is 0. The normalized spacial score (nSPS) is 12.2. The van der Waals surface area contributed by atoms with E-state index in [-0.39, 0.29) is 0 Å². The summed E-state index contributed by atoms with van der Waals surface area (Å²) in [6.07, 6.45) is 9.45. The number of rotatable bonds is 2. The van der Waals surface area contributed by atoms with Gasteiger partial charge in [-0.05, 0) is 47.5 Å². The molecule has 2 heteroatoms. The molecule has 0 aliphatic heterocycles. The van der Waals surface area contributed by atoms with Crippen molar-refractivity contribution in [1.29, 1.82) is 0 Å². The van der Waals surface area contributed by atoms with Crippen LogP contribution in [0.25, 0.3) is 39.9 Å². The summed E-state index contributed by atoms with van der Waals surface area (Å²) in [5.74, 6) is 0. The average molecular weight is 397 g/mol. The van der Waals surface area contributed by atoms with Crippen LogP contribution in [-0.2, 0) is 0 Å². The largest absolute Gasteiger partial charge is 0.286 e. The molecule has 122 valence electrons. The molecule has 1 nitrogen and oxygen atoms in total. The molecule has 0 unspecified atom stereocenters. The Kier molecular flexibility index (Phi) is 3.60. The van der Waals surface area contributed by atoms with Crippen LogP contribution in [0, 0.1) is 6.08 Å². The predicted molar refractivity (Wildman–Crippen MR) is 113 cm³/mol. The fraction of sp³-hybridized carbons (Fsp3) is 0. The van der Waals surface area contributed by atoms with E-state index in [9.17, 15) is 0 Å². The zero-order valence-electron chi connectivity index (χ0n) is 14.0. The van der Waals surface area contributed by atoms with E-state index in [1.165, 1.54) is 39.0 Å². The van der Waals surface area contributed by atoms with Gasteiger partial charge in [0.15, 0.2) is 5.69 Å². The van der Waals surface area contributed by atoms with Crippen LogP contribution in [0.4, 0.5) is 0 Å². The molecule has 0 spiro atoms. The topological polar surface area (TPSA) is 4.93 Å². The van der Waals surface area contributed by atoms with Crippen molar-refractivity contribution in [2.24, 2.45) is 0 Å². The van der Waals surface area contributed by atoms with Crippen molar-refractivity contribution in [2.75, 3.05) is 0 Å². The molecule has 0 amide bonds. The third kappa shape index (κ3) is 2.43. The summed E-state index contributed by atoms with van der Waals surface area (Å²) in [6.45, 7) is 0. The number of para-hydroxylation sites is 1. The summed E-state index contributed by atoms with van der Waals surface area (Å²) >= 11 is 3.51. The molecule has 3 aromatic carbocycles. The first-order chi connectivity index (χ1) is 12.8. The van der Waals surface area contributed by atoms with Crippen molar-refractivity contribution in [3.8, 4) is 16.8 Å². The quantitative estimate of drug-likeness (QED) is 0.324. The maximum absolute atomic E-state index is 3.51. The number of hydrogen-bond acceptors (Lipinski definition) is 0. The first-order valence-corrected chi connectivity index (χ1v) is 9.36. The molecule has 26 heavy (non-hydrogen) atoms. The zero-order chi connectivity index (χ0) is 17.5. The number of hydrogen-bond donors (Lipinski definition) is 0. The summed E-state index contributed by atoms with van der Waals surface area (Å²) in [4.78, 5) is 0. The zero-order valence-corrected chi connectivity index (χ0v) is 15.6. The van der Waals surface area contributed by atoms with Gasteiger partial charge in [-0.2, -0.15) is 0 Å². The molecule has 0 atom stereocenters. The lowest BCUT2D eigenvalue weighted by Gasteiger charge is -2.07. The molecular formula is C24H15BrN+. The second-order valence-electron chi connectivity index (χ2n) is 6.35. The molecule has 0 saturated carbocycles. The van der Waals surface area contributed by atoms with Gasteiger partial charge in [0, 0.05) is 16.2 Å².